The molecule has 2 aromatic carbocycles. The normalized spacial score (nSPS) is 10.9. The first kappa shape index (κ1) is 16.8. The highest BCUT2D eigenvalue weighted by Crippen LogP contribution is 2.30. The Hall–Kier alpha value is -3.68. The first-order valence-corrected chi connectivity index (χ1v) is 8.10. The van der Waals surface area contributed by atoms with Crippen molar-refractivity contribution in [1.82, 2.24) is 25.2 Å². The number of anilines is 1. The maximum absolute atomic E-state index is 14.2. The van der Waals surface area contributed by atoms with Gasteiger partial charge in [-0.25, -0.2) is 13.8 Å². The summed E-state index contributed by atoms with van der Waals surface area (Å²) >= 11 is 0. The molecule has 2 N–H and O–H groups in total. The number of tetrazole rings is 1. The van der Waals surface area contributed by atoms with Gasteiger partial charge in [0.05, 0.1) is 5.56 Å². The van der Waals surface area contributed by atoms with Crippen molar-refractivity contribution >= 4 is 5.82 Å². The third-order valence-electron chi connectivity index (χ3n) is 4.14. The number of pyridine rings is 1. The number of benzene rings is 2. The van der Waals surface area contributed by atoms with Crippen molar-refractivity contribution < 1.29 is 8.78 Å². The van der Waals surface area contributed by atoms with Crippen LogP contribution in [0.3, 0.4) is 0 Å². The van der Waals surface area contributed by atoms with Crippen LogP contribution in [0.1, 0.15) is 5.56 Å². The number of aryl methyl sites for hydroxylation is 1. The molecule has 0 amide bonds. The number of nitrogen functional groups attached to an aromatic ring is 1. The van der Waals surface area contributed by atoms with E-state index in [-0.39, 0.29) is 17.3 Å². The van der Waals surface area contributed by atoms with Crippen molar-refractivity contribution in [3.8, 4) is 28.2 Å². The molecule has 0 spiro atoms. The van der Waals surface area contributed by atoms with E-state index < -0.39 is 11.6 Å². The van der Waals surface area contributed by atoms with E-state index in [0.717, 1.165) is 27.4 Å². The number of halogens is 2. The molecule has 0 aliphatic heterocycles. The molecule has 6 nitrogen and oxygen atoms in total. The molecule has 0 bridgehead atoms. The molecule has 0 saturated heterocycles. The summed E-state index contributed by atoms with van der Waals surface area (Å²) in [4.78, 5) is 4.22. The SMILES string of the molecule is Cc1cccc(-c2cnc(N)c(-c3nnnn3-c3cccc(F)c3F)c2)c1. The highest BCUT2D eigenvalue weighted by atomic mass is 19.2. The van der Waals surface area contributed by atoms with Crippen LogP contribution in [0, 0.1) is 18.6 Å². The molecule has 4 aromatic rings. The lowest BCUT2D eigenvalue weighted by molar-refractivity contribution is 0.501. The van der Waals surface area contributed by atoms with Gasteiger partial charge >= 0.3 is 0 Å². The molecule has 0 fully saturated rings. The predicted molar refractivity (Wildman–Crippen MR) is 96.9 cm³/mol. The molecule has 0 atom stereocenters. The maximum Gasteiger partial charge on any atom is 0.190 e. The second-order valence-electron chi connectivity index (χ2n) is 6.01. The van der Waals surface area contributed by atoms with Crippen molar-refractivity contribution in [1.29, 1.82) is 0 Å². The van der Waals surface area contributed by atoms with E-state index in [1.807, 2.05) is 31.2 Å². The number of aromatic nitrogens is 5. The van der Waals surface area contributed by atoms with Crippen LogP contribution < -0.4 is 5.73 Å². The first-order chi connectivity index (χ1) is 13.0. The Morgan fingerprint density at radius 2 is 1.81 bits per heavy atom. The van der Waals surface area contributed by atoms with E-state index in [4.69, 9.17) is 5.73 Å². The van der Waals surface area contributed by atoms with Crippen LogP contribution in [-0.4, -0.2) is 25.2 Å². The molecule has 0 aliphatic rings. The zero-order valence-corrected chi connectivity index (χ0v) is 14.3. The number of rotatable bonds is 3. The highest BCUT2D eigenvalue weighted by Gasteiger charge is 2.19. The molecule has 0 radical (unpaired) electrons. The maximum atomic E-state index is 14.2. The van der Waals surface area contributed by atoms with Crippen LogP contribution >= 0.6 is 0 Å². The first-order valence-electron chi connectivity index (χ1n) is 8.10. The predicted octanol–water partition coefficient (Wildman–Crippen LogP) is 3.56. The fourth-order valence-corrected chi connectivity index (χ4v) is 2.81. The lowest BCUT2D eigenvalue weighted by Gasteiger charge is -2.10. The minimum atomic E-state index is -1.05. The van der Waals surface area contributed by atoms with Crippen LogP contribution in [0.25, 0.3) is 28.2 Å². The molecule has 27 heavy (non-hydrogen) atoms. The number of nitrogens with two attached hydrogens (primary N) is 1. The third-order valence-corrected chi connectivity index (χ3v) is 4.14. The quantitative estimate of drug-likeness (QED) is 0.601. The second-order valence-corrected chi connectivity index (χ2v) is 6.01. The van der Waals surface area contributed by atoms with Crippen LogP contribution in [0.5, 0.6) is 0 Å². The van der Waals surface area contributed by atoms with Gasteiger partial charge in [-0.2, -0.15) is 4.68 Å². The molecule has 2 aromatic heterocycles. The Balaban J connectivity index is 1.87. The zero-order chi connectivity index (χ0) is 19.0. The van der Waals surface area contributed by atoms with E-state index >= 15 is 0 Å². The van der Waals surface area contributed by atoms with Crippen molar-refractivity contribution in [3.05, 3.63) is 71.9 Å². The fourth-order valence-electron chi connectivity index (χ4n) is 2.81. The molecular weight excluding hydrogens is 350 g/mol. The number of hydrogen-bond donors (Lipinski definition) is 1. The monoisotopic (exact) mass is 364 g/mol. The molecule has 2 heterocycles. The summed E-state index contributed by atoms with van der Waals surface area (Å²) < 4.78 is 28.9. The average Bonchev–Trinajstić information content (AvgIpc) is 3.13. The Morgan fingerprint density at radius 3 is 2.63 bits per heavy atom. The van der Waals surface area contributed by atoms with Gasteiger partial charge in [-0.1, -0.05) is 35.9 Å². The topological polar surface area (TPSA) is 82.5 Å². The van der Waals surface area contributed by atoms with E-state index in [9.17, 15) is 8.78 Å². The van der Waals surface area contributed by atoms with Crippen molar-refractivity contribution in [3.63, 3.8) is 0 Å². The van der Waals surface area contributed by atoms with E-state index in [0.29, 0.717) is 5.56 Å². The third kappa shape index (κ3) is 3.01. The summed E-state index contributed by atoms with van der Waals surface area (Å²) in [6.45, 7) is 1.99. The Kier molecular flexibility index (Phi) is 4.08. The molecule has 134 valence electrons. The van der Waals surface area contributed by atoms with Gasteiger partial charge in [0.15, 0.2) is 17.5 Å². The highest BCUT2D eigenvalue weighted by molar-refractivity contribution is 5.76. The van der Waals surface area contributed by atoms with E-state index in [1.165, 1.54) is 12.1 Å². The Labute approximate surface area is 153 Å². The summed E-state index contributed by atoms with van der Waals surface area (Å²) in [6, 6.07) is 13.4. The lowest BCUT2D eigenvalue weighted by atomic mass is 10.0. The fraction of sp³-hybridized carbons (Fsp3) is 0.0526. The van der Waals surface area contributed by atoms with Crippen molar-refractivity contribution in [2.45, 2.75) is 6.92 Å². The van der Waals surface area contributed by atoms with Gasteiger partial charge in [0.25, 0.3) is 0 Å². The van der Waals surface area contributed by atoms with Crippen LogP contribution in [0.2, 0.25) is 0 Å². The molecule has 8 heteroatoms. The van der Waals surface area contributed by atoms with Gasteiger partial charge in [0.1, 0.15) is 11.5 Å². The smallest absolute Gasteiger partial charge is 0.190 e. The van der Waals surface area contributed by atoms with Crippen LogP contribution in [0.15, 0.2) is 54.7 Å². The summed E-state index contributed by atoms with van der Waals surface area (Å²) in [5.74, 6) is -1.70. The lowest BCUT2D eigenvalue weighted by Crippen LogP contribution is -2.06. The number of nitrogens with zero attached hydrogens (tertiary/aromatic N) is 5. The molecule has 0 unspecified atom stereocenters. The van der Waals surface area contributed by atoms with Gasteiger partial charge < -0.3 is 5.73 Å². The minimum absolute atomic E-state index is 0.115. The molecule has 0 aliphatic carbocycles. The second kappa shape index (κ2) is 6.56. The Morgan fingerprint density at radius 1 is 1.00 bits per heavy atom. The van der Waals surface area contributed by atoms with Gasteiger partial charge in [-0.3, -0.25) is 0 Å². The largest absolute Gasteiger partial charge is 0.383 e. The summed E-state index contributed by atoms with van der Waals surface area (Å²) in [5.41, 5.74) is 9.16. The molecule has 0 saturated carbocycles. The van der Waals surface area contributed by atoms with Crippen molar-refractivity contribution in [2.24, 2.45) is 0 Å². The standard InChI is InChI=1S/C19H14F2N6/c1-11-4-2-5-12(8-11)13-9-14(18(22)23-10-13)19-24-25-26-27(19)16-7-3-6-15(20)17(16)21/h2-10H,1H3,(H2,22,23). The van der Waals surface area contributed by atoms with E-state index in [2.05, 4.69) is 20.5 Å². The van der Waals surface area contributed by atoms with Gasteiger partial charge in [0, 0.05) is 11.8 Å². The minimum Gasteiger partial charge on any atom is -0.383 e. The number of hydrogen-bond acceptors (Lipinski definition) is 5. The van der Waals surface area contributed by atoms with Crippen molar-refractivity contribution in [2.75, 3.05) is 5.73 Å². The van der Waals surface area contributed by atoms with Gasteiger partial charge in [0.2, 0.25) is 0 Å². The van der Waals surface area contributed by atoms with E-state index in [1.54, 1.807) is 12.3 Å². The molecular formula is C19H14F2N6. The summed E-state index contributed by atoms with van der Waals surface area (Å²) in [6.07, 6.45) is 1.64. The molecule has 4 rings (SSSR count). The summed E-state index contributed by atoms with van der Waals surface area (Å²) in [7, 11) is 0. The Bertz CT molecular complexity index is 1140. The average molecular weight is 364 g/mol. The van der Waals surface area contributed by atoms with Gasteiger partial charge in [-0.15, -0.1) is 5.10 Å². The van der Waals surface area contributed by atoms with Crippen LogP contribution in [0.4, 0.5) is 14.6 Å². The summed E-state index contributed by atoms with van der Waals surface area (Å²) in [5, 5.41) is 11.3. The van der Waals surface area contributed by atoms with Gasteiger partial charge in [-0.05, 0) is 41.1 Å². The zero-order valence-electron chi connectivity index (χ0n) is 14.3. The van der Waals surface area contributed by atoms with Crippen LogP contribution in [-0.2, 0) is 0 Å².